The zero-order chi connectivity index (χ0) is 14.0. The number of nitrogens with two attached hydrogens (primary N) is 1. The lowest BCUT2D eigenvalue weighted by Gasteiger charge is -2.30. The molecule has 0 saturated carbocycles. The molecule has 0 atom stereocenters. The van der Waals surface area contributed by atoms with Crippen molar-refractivity contribution in [1.82, 2.24) is 4.90 Å². The smallest absolute Gasteiger partial charge is 0.0558 e. The van der Waals surface area contributed by atoms with Crippen LogP contribution in [0.4, 0.5) is 0 Å². The molecule has 0 fully saturated rings. The number of rotatable bonds is 11. The number of unbranched alkanes of at least 4 members (excludes halogenated alkanes) is 1. The zero-order valence-corrected chi connectivity index (χ0v) is 12.9. The first kappa shape index (κ1) is 17.9. The molecule has 0 aliphatic carbocycles. The Balaban J connectivity index is 3.97. The largest absolute Gasteiger partial charge is 0.395 e. The SMILES string of the molecule is CCC(CC)N(CCO)CCCCC(C)(C)CN. The quantitative estimate of drug-likeness (QED) is 0.560. The molecule has 3 nitrogen and oxygen atoms in total. The standard InChI is InChI=1S/C15H34N2O/c1-5-14(6-2)17(11-12-18)10-8-7-9-15(3,4)13-16/h14,18H,5-13,16H2,1-4H3. The van der Waals surface area contributed by atoms with Gasteiger partial charge in [0.05, 0.1) is 6.61 Å². The summed E-state index contributed by atoms with van der Waals surface area (Å²) in [5.74, 6) is 0. The van der Waals surface area contributed by atoms with Crippen LogP contribution in [0.3, 0.4) is 0 Å². The molecule has 0 rings (SSSR count). The summed E-state index contributed by atoms with van der Waals surface area (Å²) in [6.45, 7) is 11.9. The molecule has 3 heteroatoms. The van der Waals surface area contributed by atoms with E-state index in [-0.39, 0.29) is 12.0 Å². The Morgan fingerprint density at radius 1 is 1.11 bits per heavy atom. The Labute approximate surface area is 114 Å². The van der Waals surface area contributed by atoms with Crippen molar-refractivity contribution < 1.29 is 5.11 Å². The topological polar surface area (TPSA) is 49.5 Å². The molecule has 110 valence electrons. The van der Waals surface area contributed by atoms with Crippen molar-refractivity contribution in [2.24, 2.45) is 11.1 Å². The van der Waals surface area contributed by atoms with Crippen LogP contribution >= 0.6 is 0 Å². The summed E-state index contributed by atoms with van der Waals surface area (Å²) >= 11 is 0. The molecular weight excluding hydrogens is 224 g/mol. The van der Waals surface area contributed by atoms with Crippen molar-refractivity contribution in [3.8, 4) is 0 Å². The molecule has 0 bridgehead atoms. The summed E-state index contributed by atoms with van der Waals surface area (Å²) in [6.07, 6.45) is 5.97. The minimum Gasteiger partial charge on any atom is -0.395 e. The normalized spacial score (nSPS) is 12.7. The monoisotopic (exact) mass is 258 g/mol. The number of hydrogen-bond acceptors (Lipinski definition) is 3. The lowest BCUT2D eigenvalue weighted by atomic mass is 9.87. The van der Waals surface area contributed by atoms with E-state index in [1.165, 1.54) is 32.1 Å². The van der Waals surface area contributed by atoms with Crippen LogP contribution < -0.4 is 5.73 Å². The van der Waals surface area contributed by atoms with Crippen LogP contribution in [-0.4, -0.2) is 42.3 Å². The number of hydrogen-bond donors (Lipinski definition) is 2. The fourth-order valence-corrected chi connectivity index (χ4v) is 2.43. The Morgan fingerprint density at radius 2 is 1.72 bits per heavy atom. The van der Waals surface area contributed by atoms with Crippen LogP contribution in [0.1, 0.15) is 59.8 Å². The van der Waals surface area contributed by atoms with Gasteiger partial charge in [-0.1, -0.05) is 34.1 Å². The van der Waals surface area contributed by atoms with Gasteiger partial charge < -0.3 is 10.8 Å². The maximum absolute atomic E-state index is 9.14. The highest BCUT2D eigenvalue weighted by molar-refractivity contribution is 4.72. The molecule has 0 aliphatic rings. The Kier molecular flexibility index (Phi) is 9.70. The zero-order valence-electron chi connectivity index (χ0n) is 12.9. The van der Waals surface area contributed by atoms with Gasteiger partial charge in [-0.05, 0) is 44.2 Å². The van der Waals surface area contributed by atoms with E-state index in [4.69, 9.17) is 10.8 Å². The maximum Gasteiger partial charge on any atom is 0.0558 e. The maximum atomic E-state index is 9.14. The van der Waals surface area contributed by atoms with E-state index in [0.717, 1.165) is 19.6 Å². The minimum atomic E-state index is 0.269. The average Bonchev–Trinajstić information content (AvgIpc) is 2.36. The van der Waals surface area contributed by atoms with E-state index < -0.39 is 0 Å². The van der Waals surface area contributed by atoms with Crippen LogP contribution in [0.5, 0.6) is 0 Å². The number of aliphatic hydroxyl groups is 1. The van der Waals surface area contributed by atoms with Gasteiger partial charge in [0.15, 0.2) is 0 Å². The molecule has 0 radical (unpaired) electrons. The molecule has 0 unspecified atom stereocenters. The molecule has 0 amide bonds. The minimum absolute atomic E-state index is 0.269. The summed E-state index contributed by atoms with van der Waals surface area (Å²) in [6, 6.07) is 0.625. The first-order valence-corrected chi connectivity index (χ1v) is 7.55. The highest BCUT2D eigenvalue weighted by Crippen LogP contribution is 2.21. The van der Waals surface area contributed by atoms with E-state index in [1.54, 1.807) is 0 Å². The van der Waals surface area contributed by atoms with E-state index in [9.17, 15) is 0 Å². The van der Waals surface area contributed by atoms with Crippen molar-refractivity contribution in [3.05, 3.63) is 0 Å². The molecule has 0 aliphatic heterocycles. The van der Waals surface area contributed by atoms with Gasteiger partial charge in [-0.3, -0.25) is 4.90 Å². The lowest BCUT2D eigenvalue weighted by Crippen LogP contribution is -2.37. The van der Waals surface area contributed by atoms with Crippen LogP contribution in [0, 0.1) is 5.41 Å². The van der Waals surface area contributed by atoms with Gasteiger partial charge in [-0.15, -0.1) is 0 Å². The molecule has 0 spiro atoms. The second kappa shape index (κ2) is 9.76. The Bertz CT molecular complexity index is 191. The van der Waals surface area contributed by atoms with Crippen molar-refractivity contribution in [1.29, 1.82) is 0 Å². The summed E-state index contributed by atoms with van der Waals surface area (Å²) in [5.41, 5.74) is 6.02. The summed E-state index contributed by atoms with van der Waals surface area (Å²) in [4.78, 5) is 2.44. The number of nitrogens with zero attached hydrogens (tertiary/aromatic N) is 1. The van der Waals surface area contributed by atoms with Crippen LogP contribution in [-0.2, 0) is 0 Å². The predicted octanol–water partition coefficient (Wildman–Crippen LogP) is 2.62. The van der Waals surface area contributed by atoms with Crippen molar-refractivity contribution in [3.63, 3.8) is 0 Å². The molecule has 0 saturated heterocycles. The van der Waals surface area contributed by atoms with Gasteiger partial charge in [0.2, 0.25) is 0 Å². The van der Waals surface area contributed by atoms with Crippen molar-refractivity contribution in [2.45, 2.75) is 65.8 Å². The molecule has 18 heavy (non-hydrogen) atoms. The fourth-order valence-electron chi connectivity index (χ4n) is 2.43. The molecule has 0 heterocycles. The highest BCUT2D eigenvalue weighted by Gasteiger charge is 2.17. The first-order valence-electron chi connectivity index (χ1n) is 7.55. The van der Waals surface area contributed by atoms with Gasteiger partial charge in [-0.25, -0.2) is 0 Å². The second-order valence-corrected chi connectivity index (χ2v) is 6.06. The van der Waals surface area contributed by atoms with Gasteiger partial charge >= 0.3 is 0 Å². The van der Waals surface area contributed by atoms with E-state index >= 15 is 0 Å². The van der Waals surface area contributed by atoms with E-state index in [2.05, 4.69) is 32.6 Å². The van der Waals surface area contributed by atoms with Crippen LogP contribution in [0.25, 0.3) is 0 Å². The van der Waals surface area contributed by atoms with E-state index in [0.29, 0.717) is 6.04 Å². The summed E-state index contributed by atoms with van der Waals surface area (Å²) in [7, 11) is 0. The summed E-state index contributed by atoms with van der Waals surface area (Å²) in [5, 5.41) is 9.14. The average molecular weight is 258 g/mol. The lowest BCUT2D eigenvalue weighted by molar-refractivity contribution is 0.139. The number of aliphatic hydroxyl groups excluding tert-OH is 1. The fraction of sp³-hybridized carbons (Fsp3) is 1.00. The van der Waals surface area contributed by atoms with Crippen LogP contribution in [0.2, 0.25) is 0 Å². The molecule has 0 aromatic carbocycles. The van der Waals surface area contributed by atoms with Gasteiger partial charge in [0.1, 0.15) is 0 Å². The molecule has 3 N–H and O–H groups in total. The Hall–Kier alpha value is -0.120. The third kappa shape index (κ3) is 7.34. The van der Waals surface area contributed by atoms with Gasteiger partial charge in [0.25, 0.3) is 0 Å². The van der Waals surface area contributed by atoms with Crippen molar-refractivity contribution in [2.75, 3.05) is 26.2 Å². The third-order valence-corrected chi connectivity index (χ3v) is 3.95. The third-order valence-electron chi connectivity index (χ3n) is 3.95. The van der Waals surface area contributed by atoms with Gasteiger partial charge in [-0.2, -0.15) is 0 Å². The predicted molar refractivity (Wildman–Crippen MR) is 79.7 cm³/mol. The molecule has 0 aromatic rings. The summed E-state index contributed by atoms with van der Waals surface area (Å²) < 4.78 is 0. The second-order valence-electron chi connectivity index (χ2n) is 6.06. The Morgan fingerprint density at radius 3 is 2.17 bits per heavy atom. The molecular formula is C15H34N2O. The molecule has 0 aromatic heterocycles. The van der Waals surface area contributed by atoms with E-state index in [1.807, 2.05) is 0 Å². The highest BCUT2D eigenvalue weighted by atomic mass is 16.3. The first-order chi connectivity index (χ1) is 8.50. The van der Waals surface area contributed by atoms with Gasteiger partial charge in [0, 0.05) is 12.6 Å². The van der Waals surface area contributed by atoms with Crippen LogP contribution in [0.15, 0.2) is 0 Å². The van der Waals surface area contributed by atoms with Crippen molar-refractivity contribution >= 4 is 0 Å².